The van der Waals surface area contributed by atoms with E-state index in [4.69, 9.17) is 18.9 Å². The van der Waals surface area contributed by atoms with Gasteiger partial charge >= 0.3 is 0 Å². The number of carbonyl (C=O) groups excluding carboxylic acids is 2. The molecule has 2 aliphatic heterocycles. The van der Waals surface area contributed by atoms with Crippen LogP contribution in [0.1, 0.15) is 30.5 Å². The van der Waals surface area contributed by atoms with Crippen molar-refractivity contribution < 1.29 is 33.6 Å². The molecule has 2 aromatic rings. The number of carbonyl (C=O) groups is 2. The number of ketones is 1. The Hall–Kier alpha value is -3.56. The molecule has 2 aromatic carbocycles. The van der Waals surface area contributed by atoms with Crippen molar-refractivity contribution in [2.24, 2.45) is 0 Å². The van der Waals surface area contributed by atoms with Crippen LogP contribution >= 0.6 is 0 Å². The third kappa shape index (κ3) is 5.73. The van der Waals surface area contributed by atoms with Gasteiger partial charge in [0.2, 0.25) is 0 Å². The Morgan fingerprint density at radius 1 is 1.03 bits per heavy atom. The summed E-state index contributed by atoms with van der Waals surface area (Å²) in [6, 6.07) is 11.4. The summed E-state index contributed by atoms with van der Waals surface area (Å²) in [5.74, 6) is -0.0312. The van der Waals surface area contributed by atoms with Crippen LogP contribution in [0, 0.1) is 0 Å². The van der Waals surface area contributed by atoms with E-state index < -0.39 is 17.7 Å². The first kappa shape index (κ1) is 26.5. The topological polar surface area (TPSA) is 97.8 Å². The molecular weight excluding hydrogens is 476 g/mol. The van der Waals surface area contributed by atoms with E-state index in [-0.39, 0.29) is 11.3 Å². The number of benzene rings is 2. The second-order valence-corrected chi connectivity index (χ2v) is 8.88. The van der Waals surface area contributed by atoms with Gasteiger partial charge in [-0.2, -0.15) is 0 Å². The van der Waals surface area contributed by atoms with Crippen LogP contribution in [0.5, 0.6) is 17.2 Å². The van der Waals surface area contributed by atoms with Gasteiger partial charge in [-0.1, -0.05) is 18.2 Å². The summed E-state index contributed by atoms with van der Waals surface area (Å²) in [6.45, 7) is 6.53. The zero-order chi connectivity index (χ0) is 26.4. The second kappa shape index (κ2) is 12.1. The minimum absolute atomic E-state index is 0.0391. The molecule has 0 radical (unpaired) electrons. The molecule has 2 heterocycles. The standard InChI is InChI=1S/C28H34N2O7/c1-4-37-21-8-5-7-20(17-21)26(31)24-25(19-9-10-22(34-2)23(18-19)35-3)30(28(33)27(24)32)12-6-11-29-13-15-36-16-14-29/h5,7-10,17-18,25,31H,4,6,11-16H2,1-3H3/b26-24+. The lowest BCUT2D eigenvalue weighted by atomic mass is 9.95. The number of methoxy groups -OCH3 is 2. The molecular formula is C28H34N2O7. The lowest BCUT2D eigenvalue weighted by Crippen LogP contribution is -2.38. The van der Waals surface area contributed by atoms with Gasteiger partial charge in [-0.15, -0.1) is 0 Å². The predicted octanol–water partition coefficient (Wildman–Crippen LogP) is 3.25. The van der Waals surface area contributed by atoms with Gasteiger partial charge in [-0.3, -0.25) is 14.5 Å². The normalized spacial score (nSPS) is 19.8. The largest absolute Gasteiger partial charge is 0.507 e. The Morgan fingerprint density at radius 2 is 1.78 bits per heavy atom. The Morgan fingerprint density at radius 3 is 2.49 bits per heavy atom. The lowest BCUT2D eigenvalue weighted by molar-refractivity contribution is -0.140. The van der Waals surface area contributed by atoms with Crippen LogP contribution in [-0.4, -0.2) is 86.8 Å². The number of ether oxygens (including phenoxy) is 4. The van der Waals surface area contributed by atoms with Gasteiger partial charge in [-0.25, -0.2) is 0 Å². The summed E-state index contributed by atoms with van der Waals surface area (Å²) in [5, 5.41) is 11.4. The number of nitrogens with zero attached hydrogens (tertiary/aromatic N) is 2. The van der Waals surface area contributed by atoms with Gasteiger partial charge in [0, 0.05) is 31.7 Å². The van der Waals surface area contributed by atoms with E-state index in [9.17, 15) is 14.7 Å². The average molecular weight is 511 g/mol. The summed E-state index contributed by atoms with van der Waals surface area (Å²) >= 11 is 0. The predicted molar refractivity (Wildman–Crippen MR) is 138 cm³/mol. The van der Waals surface area contributed by atoms with Crippen LogP contribution in [-0.2, 0) is 14.3 Å². The fraction of sp³-hybridized carbons (Fsp3) is 0.429. The quantitative estimate of drug-likeness (QED) is 0.296. The molecule has 0 saturated carbocycles. The third-order valence-electron chi connectivity index (χ3n) is 6.66. The first-order chi connectivity index (χ1) is 18.0. The van der Waals surface area contributed by atoms with Crippen LogP contribution in [0.2, 0.25) is 0 Å². The van der Waals surface area contributed by atoms with Gasteiger partial charge < -0.3 is 29.0 Å². The van der Waals surface area contributed by atoms with Crippen molar-refractivity contribution in [3.05, 3.63) is 59.2 Å². The molecule has 9 nitrogen and oxygen atoms in total. The smallest absolute Gasteiger partial charge is 0.295 e. The van der Waals surface area contributed by atoms with E-state index in [0.717, 1.165) is 19.6 Å². The Kier molecular flexibility index (Phi) is 8.68. The van der Waals surface area contributed by atoms with Gasteiger partial charge in [-0.05, 0) is 43.2 Å². The number of aliphatic hydroxyl groups excluding tert-OH is 1. The minimum atomic E-state index is -0.778. The molecule has 2 saturated heterocycles. The number of rotatable bonds is 10. The fourth-order valence-corrected chi connectivity index (χ4v) is 4.82. The van der Waals surface area contributed by atoms with Gasteiger partial charge in [0.15, 0.2) is 11.5 Å². The van der Waals surface area contributed by atoms with Crippen molar-refractivity contribution in [1.29, 1.82) is 0 Å². The van der Waals surface area contributed by atoms with E-state index >= 15 is 0 Å². The number of morpholine rings is 1. The maximum Gasteiger partial charge on any atom is 0.295 e. The summed E-state index contributed by atoms with van der Waals surface area (Å²) in [5.41, 5.74) is 1.09. The maximum atomic E-state index is 13.3. The van der Waals surface area contributed by atoms with Crippen LogP contribution < -0.4 is 14.2 Å². The van der Waals surface area contributed by atoms with E-state index in [2.05, 4.69) is 4.90 Å². The van der Waals surface area contributed by atoms with Gasteiger partial charge in [0.05, 0.1) is 45.7 Å². The maximum absolute atomic E-state index is 13.3. The van der Waals surface area contributed by atoms with Crippen LogP contribution in [0.3, 0.4) is 0 Å². The molecule has 0 spiro atoms. The highest BCUT2D eigenvalue weighted by atomic mass is 16.5. The highest BCUT2D eigenvalue weighted by Gasteiger charge is 2.46. The SMILES string of the molecule is CCOc1cccc(/C(O)=C2\C(=O)C(=O)N(CCCN3CCOCC3)C2c2ccc(OC)c(OC)c2)c1. The number of aliphatic hydroxyl groups is 1. The van der Waals surface area contributed by atoms with E-state index in [1.165, 1.54) is 7.11 Å². The van der Waals surface area contributed by atoms with E-state index in [1.54, 1.807) is 54.5 Å². The molecule has 0 aromatic heterocycles. The summed E-state index contributed by atoms with van der Waals surface area (Å²) in [4.78, 5) is 30.5. The zero-order valence-corrected chi connectivity index (χ0v) is 21.6. The van der Waals surface area contributed by atoms with Crippen molar-refractivity contribution in [3.8, 4) is 17.2 Å². The molecule has 9 heteroatoms. The third-order valence-corrected chi connectivity index (χ3v) is 6.66. The molecule has 37 heavy (non-hydrogen) atoms. The Labute approximate surface area is 217 Å². The number of Topliss-reactive ketones (excluding diaryl/α,β-unsaturated/α-hetero) is 1. The first-order valence-corrected chi connectivity index (χ1v) is 12.5. The van der Waals surface area contributed by atoms with Gasteiger partial charge in [0.1, 0.15) is 11.5 Å². The minimum Gasteiger partial charge on any atom is -0.507 e. The Balaban J connectivity index is 1.73. The molecule has 1 atom stereocenters. The lowest BCUT2D eigenvalue weighted by Gasteiger charge is -2.29. The molecule has 1 N–H and O–H groups in total. The van der Waals surface area contributed by atoms with E-state index in [1.807, 2.05) is 6.92 Å². The number of hydrogen-bond acceptors (Lipinski definition) is 8. The molecule has 2 aliphatic rings. The van der Waals surface area contributed by atoms with Crippen LogP contribution in [0.15, 0.2) is 48.0 Å². The summed E-state index contributed by atoms with van der Waals surface area (Å²) < 4.78 is 21.8. The van der Waals surface area contributed by atoms with E-state index in [0.29, 0.717) is 61.2 Å². The highest BCUT2D eigenvalue weighted by molar-refractivity contribution is 6.46. The number of likely N-dealkylation sites (tertiary alicyclic amines) is 1. The number of amides is 1. The fourth-order valence-electron chi connectivity index (χ4n) is 4.82. The molecule has 0 bridgehead atoms. The van der Waals surface area contributed by atoms with Gasteiger partial charge in [0.25, 0.3) is 11.7 Å². The first-order valence-electron chi connectivity index (χ1n) is 12.5. The van der Waals surface area contributed by atoms with Crippen molar-refractivity contribution in [2.75, 3.05) is 60.2 Å². The monoisotopic (exact) mass is 510 g/mol. The van der Waals surface area contributed by atoms with Crippen molar-refractivity contribution in [2.45, 2.75) is 19.4 Å². The van der Waals surface area contributed by atoms with Crippen LogP contribution in [0.25, 0.3) is 5.76 Å². The average Bonchev–Trinajstić information content (AvgIpc) is 3.18. The molecule has 1 unspecified atom stereocenters. The van der Waals surface area contributed by atoms with Crippen LogP contribution in [0.4, 0.5) is 0 Å². The highest BCUT2D eigenvalue weighted by Crippen LogP contribution is 2.42. The van der Waals surface area contributed by atoms with Crippen molar-refractivity contribution in [3.63, 3.8) is 0 Å². The summed E-state index contributed by atoms with van der Waals surface area (Å²) in [7, 11) is 3.07. The molecule has 1 amide bonds. The molecule has 0 aliphatic carbocycles. The second-order valence-electron chi connectivity index (χ2n) is 8.88. The summed E-state index contributed by atoms with van der Waals surface area (Å²) in [6.07, 6.45) is 0.677. The zero-order valence-electron chi connectivity index (χ0n) is 21.6. The molecule has 4 rings (SSSR count). The molecule has 198 valence electrons. The Bertz CT molecular complexity index is 1160. The number of hydrogen-bond donors (Lipinski definition) is 1. The molecule has 2 fully saturated rings. The van der Waals surface area contributed by atoms with Crippen molar-refractivity contribution >= 4 is 17.4 Å². The van der Waals surface area contributed by atoms with Crippen molar-refractivity contribution in [1.82, 2.24) is 9.80 Å².